The van der Waals surface area contributed by atoms with Gasteiger partial charge in [-0.25, -0.2) is 0 Å². The van der Waals surface area contributed by atoms with Gasteiger partial charge in [0, 0.05) is 5.02 Å². The van der Waals surface area contributed by atoms with Crippen LogP contribution in [0.5, 0.6) is 0 Å². The molecule has 0 radical (unpaired) electrons. The number of aliphatic hydroxyl groups is 1. The molecule has 1 N–H and O–H groups in total. The minimum atomic E-state index is -0.637. The summed E-state index contributed by atoms with van der Waals surface area (Å²) in [6, 6.07) is 13.8. The highest BCUT2D eigenvalue weighted by atomic mass is 35.5. The van der Waals surface area contributed by atoms with Gasteiger partial charge in [-0.1, -0.05) is 69.6 Å². The van der Waals surface area contributed by atoms with Crippen molar-refractivity contribution in [2.24, 2.45) is 0 Å². The van der Waals surface area contributed by atoms with E-state index in [4.69, 9.17) is 11.6 Å². The predicted octanol–water partition coefficient (Wildman–Crippen LogP) is 5.67. The molecule has 0 amide bonds. The van der Waals surface area contributed by atoms with Gasteiger partial charge >= 0.3 is 0 Å². The Kier molecular flexibility index (Phi) is 5.08. The van der Waals surface area contributed by atoms with Gasteiger partial charge in [-0.2, -0.15) is 0 Å². The van der Waals surface area contributed by atoms with Crippen LogP contribution in [-0.4, -0.2) is 5.11 Å². The summed E-state index contributed by atoms with van der Waals surface area (Å²) in [7, 11) is 0. The summed E-state index contributed by atoms with van der Waals surface area (Å²) in [6.07, 6.45) is -0.637. The second-order valence-electron chi connectivity index (χ2n) is 6.16. The molecule has 21 heavy (non-hydrogen) atoms. The molecule has 2 rings (SSSR count). The molecular formula is C19H23ClO. The smallest absolute Gasteiger partial charge is 0.104 e. The van der Waals surface area contributed by atoms with E-state index >= 15 is 0 Å². The fraction of sp³-hybridized carbons (Fsp3) is 0.368. The standard InChI is InChI=1S/C19H23ClO/c1-12(2)14-8-9-17(18(11-14)13(3)4)19(21)15-6-5-7-16(20)10-15/h5-13,19,21H,1-4H3. The zero-order valence-electron chi connectivity index (χ0n) is 13.1. The highest BCUT2D eigenvalue weighted by Crippen LogP contribution is 2.32. The molecule has 2 heteroatoms. The zero-order chi connectivity index (χ0) is 15.6. The van der Waals surface area contributed by atoms with E-state index in [0.717, 1.165) is 11.1 Å². The molecule has 2 aromatic carbocycles. The van der Waals surface area contributed by atoms with Gasteiger partial charge in [0.25, 0.3) is 0 Å². The minimum absolute atomic E-state index is 0.368. The Morgan fingerprint density at radius 1 is 0.810 bits per heavy atom. The van der Waals surface area contributed by atoms with E-state index in [2.05, 4.69) is 45.9 Å². The molecule has 0 aliphatic carbocycles. The molecule has 1 atom stereocenters. The summed E-state index contributed by atoms with van der Waals surface area (Å²) in [5.74, 6) is 0.854. The lowest BCUT2D eigenvalue weighted by molar-refractivity contribution is 0.218. The Bertz CT molecular complexity index is 617. The normalized spacial score (nSPS) is 13.0. The number of aliphatic hydroxyl groups excluding tert-OH is 1. The summed E-state index contributed by atoms with van der Waals surface area (Å²) >= 11 is 6.03. The van der Waals surface area contributed by atoms with Gasteiger partial charge < -0.3 is 5.11 Å². The van der Waals surface area contributed by atoms with Crippen LogP contribution in [0.25, 0.3) is 0 Å². The van der Waals surface area contributed by atoms with Crippen LogP contribution < -0.4 is 0 Å². The summed E-state index contributed by atoms with van der Waals surface area (Å²) in [4.78, 5) is 0. The van der Waals surface area contributed by atoms with Gasteiger partial charge in [-0.3, -0.25) is 0 Å². The van der Waals surface area contributed by atoms with Crippen molar-refractivity contribution in [3.8, 4) is 0 Å². The molecule has 0 saturated heterocycles. The average molecular weight is 303 g/mol. The molecule has 0 bridgehead atoms. The van der Waals surface area contributed by atoms with Crippen molar-refractivity contribution in [2.75, 3.05) is 0 Å². The van der Waals surface area contributed by atoms with Crippen LogP contribution in [0.2, 0.25) is 5.02 Å². The van der Waals surface area contributed by atoms with E-state index in [9.17, 15) is 5.11 Å². The Morgan fingerprint density at radius 2 is 1.52 bits per heavy atom. The monoisotopic (exact) mass is 302 g/mol. The number of hydrogen-bond acceptors (Lipinski definition) is 1. The molecule has 0 spiro atoms. The number of halogens is 1. The van der Waals surface area contributed by atoms with Crippen molar-refractivity contribution in [3.63, 3.8) is 0 Å². The van der Waals surface area contributed by atoms with E-state index in [1.807, 2.05) is 24.3 Å². The maximum Gasteiger partial charge on any atom is 0.104 e. The zero-order valence-corrected chi connectivity index (χ0v) is 13.9. The molecule has 0 fully saturated rings. The van der Waals surface area contributed by atoms with Gasteiger partial charge in [0.1, 0.15) is 6.10 Å². The molecule has 0 heterocycles. The van der Waals surface area contributed by atoms with Gasteiger partial charge in [-0.05, 0) is 46.2 Å². The summed E-state index contributed by atoms with van der Waals surface area (Å²) < 4.78 is 0. The number of benzene rings is 2. The molecule has 0 aromatic heterocycles. The SMILES string of the molecule is CC(C)c1ccc(C(O)c2cccc(Cl)c2)c(C(C)C)c1. The first-order chi connectivity index (χ1) is 9.90. The Labute approximate surface area is 132 Å². The van der Waals surface area contributed by atoms with Crippen molar-refractivity contribution in [2.45, 2.75) is 45.6 Å². The third-order valence-corrected chi connectivity index (χ3v) is 4.09. The maximum atomic E-state index is 10.7. The first kappa shape index (κ1) is 16.1. The molecule has 1 nitrogen and oxygen atoms in total. The maximum absolute atomic E-state index is 10.7. The second-order valence-corrected chi connectivity index (χ2v) is 6.59. The third kappa shape index (κ3) is 3.66. The van der Waals surface area contributed by atoms with Crippen molar-refractivity contribution in [1.82, 2.24) is 0 Å². The highest BCUT2D eigenvalue weighted by Gasteiger charge is 2.17. The number of hydrogen-bond donors (Lipinski definition) is 1. The van der Waals surface area contributed by atoms with Crippen LogP contribution in [0.3, 0.4) is 0 Å². The van der Waals surface area contributed by atoms with E-state index in [-0.39, 0.29) is 0 Å². The average Bonchev–Trinajstić information content (AvgIpc) is 2.45. The highest BCUT2D eigenvalue weighted by molar-refractivity contribution is 6.30. The molecule has 0 saturated carbocycles. The minimum Gasteiger partial charge on any atom is -0.384 e. The van der Waals surface area contributed by atoms with Gasteiger partial charge in [-0.15, -0.1) is 0 Å². The second kappa shape index (κ2) is 6.64. The predicted molar refractivity (Wildman–Crippen MR) is 90.1 cm³/mol. The first-order valence-corrected chi connectivity index (χ1v) is 7.85. The number of rotatable bonds is 4. The molecule has 112 valence electrons. The van der Waals surface area contributed by atoms with Crippen LogP contribution in [-0.2, 0) is 0 Å². The van der Waals surface area contributed by atoms with Gasteiger partial charge in [0.05, 0.1) is 0 Å². The first-order valence-electron chi connectivity index (χ1n) is 7.47. The van der Waals surface area contributed by atoms with Crippen molar-refractivity contribution < 1.29 is 5.11 Å². The largest absolute Gasteiger partial charge is 0.384 e. The molecule has 1 unspecified atom stereocenters. The molecule has 0 aliphatic heterocycles. The molecule has 0 aliphatic rings. The molecular weight excluding hydrogens is 280 g/mol. The summed E-state index contributed by atoms with van der Waals surface area (Å²) in [5, 5.41) is 11.4. The van der Waals surface area contributed by atoms with Crippen LogP contribution in [0.4, 0.5) is 0 Å². The van der Waals surface area contributed by atoms with E-state index in [1.165, 1.54) is 11.1 Å². The quantitative estimate of drug-likeness (QED) is 0.771. The fourth-order valence-corrected chi connectivity index (χ4v) is 2.76. The Morgan fingerprint density at radius 3 is 2.10 bits per heavy atom. The van der Waals surface area contributed by atoms with Crippen molar-refractivity contribution in [1.29, 1.82) is 0 Å². The van der Waals surface area contributed by atoms with Gasteiger partial charge in [0.15, 0.2) is 0 Å². The lowest BCUT2D eigenvalue weighted by Crippen LogP contribution is -2.06. The Balaban J connectivity index is 2.47. The molecule has 2 aromatic rings. The fourth-order valence-electron chi connectivity index (χ4n) is 2.56. The lowest BCUT2D eigenvalue weighted by Gasteiger charge is -2.20. The van der Waals surface area contributed by atoms with E-state index in [1.54, 1.807) is 0 Å². The summed E-state index contributed by atoms with van der Waals surface area (Å²) in [6.45, 7) is 8.69. The van der Waals surface area contributed by atoms with Gasteiger partial charge in [0.2, 0.25) is 0 Å². The lowest BCUT2D eigenvalue weighted by atomic mass is 9.87. The van der Waals surface area contributed by atoms with Crippen LogP contribution >= 0.6 is 11.6 Å². The van der Waals surface area contributed by atoms with Crippen molar-refractivity contribution in [3.05, 3.63) is 69.7 Å². The Hall–Kier alpha value is -1.31. The van der Waals surface area contributed by atoms with Crippen LogP contribution in [0.15, 0.2) is 42.5 Å². The topological polar surface area (TPSA) is 20.2 Å². The van der Waals surface area contributed by atoms with E-state index in [0.29, 0.717) is 16.9 Å². The van der Waals surface area contributed by atoms with Crippen LogP contribution in [0, 0.1) is 0 Å². The van der Waals surface area contributed by atoms with Crippen LogP contribution in [0.1, 0.15) is 67.9 Å². The third-order valence-electron chi connectivity index (χ3n) is 3.86. The van der Waals surface area contributed by atoms with E-state index < -0.39 is 6.10 Å². The van der Waals surface area contributed by atoms with Crippen molar-refractivity contribution >= 4 is 11.6 Å². The summed E-state index contributed by atoms with van der Waals surface area (Å²) in [5.41, 5.74) is 4.31.